The monoisotopic (exact) mass is 391 g/mol. The fourth-order valence-corrected chi connectivity index (χ4v) is 4.82. The maximum atomic E-state index is 13.0. The Kier molecular flexibility index (Phi) is 5.38. The first-order valence-electron chi connectivity index (χ1n) is 7.95. The average Bonchev–Trinajstić information content (AvgIpc) is 3.09. The number of methoxy groups -OCH3 is 1. The van der Waals surface area contributed by atoms with E-state index in [1.165, 1.54) is 35.6 Å². The third-order valence-corrected chi connectivity index (χ3v) is 7.10. The molecule has 0 aliphatic rings. The summed E-state index contributed by atoms with van der Waals surface area (Å²) in [7, 11) is -1.86. The van der Waals surface area contributed by atoms with Crippen LogP contribution in [-0.4, -0.2) is 20.5 Å². The van der Waals surface area contributed by atoms with Crippen LogP contribution >= 0.6 is 11.3 Å². The van der Waals surface area contributed by atoms with E-state index in [1.54, 1.807) is 19.4 Å². The van der Waals surface area contributed by atoms with Gasteiger partial charge in [-0.25, -0.2) is 17.8 Å². The number of aromatic nitrogens is 1. The number of thiazole rings is 1. The molecule has 0 saturated carbocycles. The predicted molar refractivity (Wildman–Crippen MR) is 102 cm³/mol. The summed E-state index contributed by atoms with van der Waals surface area (Å²) in [5.74, 6) is 0.210. The predicted octanol–water partition coefficient (Wildman–Crippen LogP) is 4.63. The van der Waals surface area contributed by atoms with Gasteiger partial charge in [0.05, 0.1) is 23.8 Å². The third-order valence-electron chi connectivity index (χ3n) is 4.12. The van der Waals surface area contributed by atoms with Gasteiger partial charge in [-0.15, -0.1) is 11.3 Å². The van der Waals surface area contributed by atoms with E-state index in [0.717, 1.165) is 16.3 Å². The van der Waals surface area contributed by atoms with Crippen LogP contribution in [0.4, 0.5) is 4.39 Å². The Hall–Kier alpha value is -2.25. The largest absolute Gasteiger partial charge is 0.497 e. The molecule has 26 heavy (non-hydrogen) atoms. The smallest absolute Gasteiger partial charge is 0.162 e. The van der Waals surface area contributed by atoms with Gasteiger partial charge in [-0.1, -0.05) is 12.1 Å². The lowest BCUT2D eigenvalue weighted by Crippen LogP contribution is -2.13. The normalized spacial score (nSPS) is 12.7. The summed E-state index contributed by atoms with van der Waals surface area (Å²) >= 11 is 1.40. The van der Waals surface area contributed by atoms with E-state index in [2.05, 4.69) is 4.98 Å². The fourth-order valence-electron chi connectivity index (χ4n) is 2.51. The molecule has 3 aromatic rings. The number of ether oxygens (including phenoxy) is 1. The molecular weight excluding hydrogens is 373 g/mol. The van der Waals surface area contributed by atoms with E-state index in [-0.39, 0.29) is 11.6 Å². The van der Waals surface area contributed by atoms with Crippen LogP contribution in [0.1, 0.15) is 23.4 Å². The minimum Gasteiger partial charge on any atom is -0.497 e. The number of nitrogens with zero attached hydrogens (tertiary/aromatic N) is 1. The summed E-state index contributed by atoms with van der Waals surface area (Å²) in [4.78, 5) is 4.45. The van der Waals surface area contributed by atoms with Crippen LogP contribution in [0.25, 0.3) is 10.6 Å². The zero-order valence-corrected chi connectivity index (χ0v) is 16.0. The van der Waals surface area contributed by atoms with Gasteiger partial charge in [0.15, 0.2) is 9.84 Å². The molecule has 1 atom stereocenters. The maximum absolute atomic E-state index is 13.0. The lowest BCUT2D eigenvalue weighted by molar-refractivity contribution is 0.415. The third kappa shape index (κ3) is 4.11. The molecule has 0 spiro atoms. The Balaban J connectivity index is 1.77. The average molecular weight is 391 g/mol. The molecule has 1 aromatic heterocycles. The topological polar surface area (TPSA) is 56.3 Å². The van der Waals surface area contributed by atoms with Gasteiger partial charge in [-0.2, -0.15) is 0 Å². The number of hydrogen-bond donors (Lipinski definition) is 0. The first-order chi connectivity index (χ1) is 12.4. The molecule has 0 bridgehead atoms. The van der Waals surface area contributed by atoms with Crippen LogP contribution in [-0.2, 0) is 15.6 Å². The Morgan fingerprint density at radius 2 is 1.77 bits per heavy atom. The standard InChI is InChI=1S/C19H18FNO3S2/c1-13(14-3-7-16(20)8-4-14)26(22,23)12-17-11-25-19(21-17)15-5-9-18(24-2)10-6-15/h3-11,13H,12H2,1-2H3. The van der Waals surface area contributed by atoms with E-state index < -0.39 is 15.1 Å². The van der Waals surface area contributed by atoms with Gasteiger partial charge in [0, 0.05) is 10.9 Å². The summed E-state index contributed by atoms with van der Waals surface area (Å²) < 4.78 is 43.5. The summed E-state index contributed by atoms with van der Waals surface area (Å²) in [6, 6.07) is 13.0. The van der Waals surface area contributed by atoms with Crippen molar-refractivity contribution in [2.24, 2.45) is 0 Å². The van der Waals surface area contributed by atoms with Crippen molar-refractivity contribution in [3.8, 4) is 16.3 Å². The lowest BCUT2D eigenvalue weighted by Gasteiger charge is -2.12. The highest BCUT2D eigenvalue weighted by atomic mass is 32.2. The number of hydrogen-bond acceptors (Lipinski definition) is 5. The highest BCUT2D eigenvalue weighted by Crippen LogP contribution is 2.29. The summed E-state index contributed by atoms with van der Waals surface area (Å²) in [5.41, 5.74) is 1.98. The molecule has 1 unspecified atom stereocenters. The van der Waals surface area contributed by atoms with E-state index in [1.807, 2.05) is 24.3 Å². The van der Waals surface area contributed by atoms with Crippen molar-refractivity contribution in [3.05, 3.63) is 71.0 Å². The Morgan fingerprint density at radius 1 is 1.12 bits per heavy atom. The number of sulfone groups is 1. The minimum atomic E-state index is -3.46. The van der Waals surface area contributed by atoms with Gasteiger partial charge < -0.3 is 4.74 Å². The van der Waals surface area contributed by atoms with Crippen molar-refractivity contribution in [2.75, 3.05) is 7.11 Å². The maximum Gasteiger partial charge on any atom is 0.162 e. The molecule has 0 aliphatic heterocycles. The molecule has 2 aromatic carbocycles. The first-order valence-corrected chi connectivity index (χ1v) is 10.5. The van der Waals surface area contributed by atoms with E-state index in [4.69, 9.17) is 4.74 Å². The van der Waals surface area contributed by atoms with Crippen molar-refractivity contribution in [1.82, 2.24) is 4.98 Å². The first kappa shape index (κ1) is 18.5. The molecule has 0 aliphatic carbocycles. The van der Waals surface area contributed by atoms with Crippen LogP contribution < -0.4 is 4.74 Å². The SMILES string of the molecule is COc1ccc(-c2nc(CS(=O)(=O)C(C)c3ccc(F)cc3)cs2)cc1. The van der Waals surface area contributed by atoms with Gasteiger partial charge in [-0.3, -0.25) is 0 Å². The summed E-state index contributed by atoms with van der Waals surface area (Å²) in [6.45, 7) is 1.61. The van der Waals surface area contributed by atoms with Crippen LogP contribution in [0.3, 0.4) is 0 Å². The molecule has 0 fully saturated rings. The van der Waals surface area contributed by atoms with Crippen LogP contribution in [0.15, 0.2) is 53.9 Å². The molecule has 4 nitrogen and oxygen atoms in total. The van der Waals surface area contributed by atoms with Gasteiger partial charge in [-0.05, 0) is 48.9 Å². The number of halogens is 1. The molecule has 3 rings (SSSR count). The molecule has 1 heterocycles. The van der Waals surface area contributed by atoms with E-state index in [0.29, 0.717) is 11.3 Å². The van der Waals surface area contributed by atoms with Crippen molar-refractivity contribution < 1.29 is 17.5 Å². The molecule has 0 amide bonds. The van der Waals surface area contributed by atoms with E-state index >= 15 is 0 Å². The van der Waals surface area contributed by atoms with Gasteiger partial charge in [0.1, 0.15) is 16.6 Å². The van der Waals surface area contributed by atoms with Crippen molar-refractivity contribution >= 4 is 21.2 Å². The quantitative estimate of drug-likeness (QED) is 0.615. The summed E-state index contributed by atoms with van der Waals surface area (Å²) in [6.07, 6.45) is 0. The second kappa shape index (κ2) is 7.55. The second-order valence-electron chi connectivity index (χ2n) is 5.87. The number of benzene rings is 2. The zero-order valence-electron chi connectivity index (χ0n) is 14.3. The van der Waals surface area contributed by atoms with Crippen molar-refractivity contribution in [2.45, 2.75) is 17.9 Å². The highest BCUT2D eigenvalue weighted by Gasteiger charge is 2.24. The Labute approximate surface area is 156 Å². The molecule has 136 valence electrons. The number of rotatable bonds is 6. The Bertz CT molecular complexity index is 980. The van der Waals surface area contributed by atoms with Gasteiger partial charge in [0.2, 0.25) is 0 Å². The molecule has 0 radical (unpaired) electrons. The zero-order chi connectivity index (χ0) is 18.7. The Morgan fingerprint density at radius 3 is 2.38 bits per heavy atom. The van der Waals surface area contributed by atoms with Gasteiger partial charge >= 0.3 is 0 Å². The fraction of sp³-hybridized carbons (Fsp3) is 0.211. The van der Waals surface area contributed by atoms with Crippen LogP contribution in [0.2, 0.25) is 0 Å². The molecule has 0 saturated heterocycles. The van der Waals surface area contributed by atoms with Crippen molar-refractivity contribution in [1.29, 1.82) is 0 Å². The minimum absolute atomic E-state index is 0.155. The molecular formula is C19H18FNO3S2. The molecule has 0 N–H and O–H groups in total. The van der Waals surface area contributed by atoms with Crippen LogP contribution in [0.5, 0.6) is 5.75 Å². The van der Waals surface area contributed by atoms with Crippen LogP contribution in [0, 0.1) is 5.82 Å². The van der Waals surface area contributed by atoms with Gasteiger partial charge in [0.25, 0.3) is 0 Å². The second-order valence-corrected chi connectivity index (χ2v) is 9.05. The lowest BCUT2D eigenvalue weighted by atomic mass is 10.2. The molecule has 7 heteroatoms. The van der Waals surface area contributed by atoms with E-state index in [9.17, 15) is 12.8 Å². The summed E-state index contributed by atoms with van der Waals surface area (Å²) in [5, 5.41) is 1.79. The van der Waals surface area contributed by atoms with Crippen molar-refractivity contribution in [3.63, 3.8) is 0 Å². The highest BCUT2D eigenvalue weighted by molar-refractivity contribution is 7.90.